The Balaban J connectivity index is 3.28. The average Bonchev–Trinajstić information content (AvgIpc) is 1.63. The zero-order valence-electron chi connectivity index (χ0n) is 4.73. The molecule has 0 aliphatic heterocycles. The van der Waals surface area contributed by atoms with Crippen molar-refractivity contribution in [3.63, 3.8) is 0 Å². The topological polar surface area (TPSA) is 66.8 Å². The molecule has 0 aromatic heterocycles. The summed E-state index contributed by atoms with van der Waals surface area (Å²) in [7, 11) is -4.00. The first kappa shape index (κ1) is 8.85. The first-order valence-electron chi connectivity index (χ1n) is 2.16. The molecule has 5 heteroatoms. The lowest BCUT2D eigenvalue weighted by Gasteiger charge is -2.00. The standard InChI is InChI=1S/C4H8O4P/c1-2-3-8-4-9(5,6)7/h2-3H,1,4H2,(H2,5,6,7). The third-order valence-corrected chi connectivity index (χ3v) is 0.921. The predicted molar refractivity (Wildman–Crippen MR) is 32.5 cm³/mol. The molecule has 4 nitrogen and oxygen atoms in total. The van der Waals surface area contributed by atoms with Gasteiger partial charge in [0.2, 0.25) is 0 Å². The maximum absolute atomic E-state index is 10.0. The van der Waals surface area contributed by atoms with Gasteiger partial charge in [-0.15, -0.1) is 6.58 Å². The monoisotopic (exact) mass is 151 g/mol. The summed E-state index contributed by atoms with van der Waals surface area (Å²) in [6.45, 7) is 4.37. The zero-order valence-corrected chi connectivity index (χ0v) is 5.62. The maximum Gasteiger partial charge on any atom is 0.351 e. The fourth-order valence-corrected chi connectivity index (χ4v) is 0.488. The van der Waals surface area contributed by atoms with E-state index in [9.17, 15) is 4.57 Å². The molecule has 9 heavy (non-hydrogen) atoms. The molecule has 0 fully saturated rings. The van der Waals surface area contributed by atoms with Crippen molar-refractivity contribution in [2.24, 2.45) is 0 Å². The van der Waals surface area contributed by atoms with E-state index in [1.54, 1.807) is 0 Å². The minimum absolute atomic E-state index is 0.584. The van der Waals surface area contributed by atoms with Gasteiger partial charge in [-0.3, -0.25) is 4.57 Å². The second kappa shape index (κ2) is 3.80. The lowest BCUT2D eigenvalue weighted by atomic mass is 10.7. The van der Waals surface area contributed by atoms with Crippen LogP contribution in [0.25, 0.3) is 0 Å². The van der Waals surface area contributed by atoms with Gasteiger partial charge in [0, 0.05) is 0 Å². The van der Waals surface area contributed by atoms with Gasteiger partial charge >= 0.3 is 7.60 Å². The van der Waals surface area contributed by atoms with E-state index in [1.807, 2.05) is 0 Å². The second-order valence-corrected chi connectivity index (χ2v) is 2.92. The summed E-state index contributed by atoms with van der Waals surface area (Å²) in [6.07, 6.45) is 0.717. The number of rotatable bonds is 4. The van der Waals surface area contributed by atoms with Crippen molar-refractivity contribution in [1.29, 1.82) is 0 Å². The summed E-state index contributed by atoms with van der Waals surface area (Å²) >= 11 is 0. The SMILES string of the molecule is C=C[CH]OCP(=O)(O)O. The average molecular weight is 151 g/mol. The second-order valence-electron chi connectivity index (χ2n) is 1.33. The molecule has 0 aliphatic rings. The van der Waals surface area contributed by atoms with Crippen molar-refractivity contribution in [3.8, 4) is 0 Å². The molecular formula is C4H8O4P. The Bertz CT molecular complexity index is 127. The molecule has 2 N–H and O–H groups in total. The van der Waals surface area contributed by atoms with Gasteiger partial charge in [0.05, 0.1) is 0 Å². The third kappa shape index (κ3) is 7.85. The first-order chi connectivity index (χ1) is 4.06. The molecule has 0 spiro atoms. The summed E-state index contributed by atoms with van der Waals surface area (Å²) in [4.78, 5) is 16.4. The molecule has 0 saturated heterocycles. The summed E-state index contributed by atoms with van der Waals surface area (Å²) in [5.41, 5.74) is 0. The minimum atomic E-state index is -4.00. The van der Waals surface area contributed by atoms with E-state index in [2.05, 4.69) is 11.3 Å². The van der Waals surface area contributed by atoms with Gasteiger partial charge in [0.15, 0.2) is 0 Å². The molecule has 0 unspecified atom stereocenters. The van der Waals surface area contributed by atoms with Crippen LogP contribution in [0.4, 0.5) is 0 Å². The lowest BCUT2D eigenvalue weighted by Crippen LogP contribution is -1.90. The summed E-state index contributed by atoms with van der Waals surface area (Å²) in [5.74, 6) is 0. The molecule has 0 aromatic carbocycles. The molecule has 0 aliphatic carbocycles. The Morgan fingerprint density at radius 3 is 2.56 bits per heavy atom. The molecular weight excluding hydrogens is 143 g/mol. The van der Waals surface area contributed by atoms with E-state index in [0.717, 1.165) is 6.61 Å². The summed E-state index contributed by atoms with van der Waals surface area (Å²) in [5, 5.41) is 0. The van der Waals surface area contributed by atoms with Crippen LogP contribution >= 0.6 is 7.60 Å². The Morgan fingerprint density at radius 1 is 1.67 bits per heavy atom. The van der Waals surface area contributed by atoms with Gasteiger partial charge in [-0.1, -0.05) is 6.08 Å². The molecule has 0 rings (SSSR count). The van der Waals surface area contributed by atoms with Crippen LogP contribution in [-0.2, 0) is 9.30 Å². The Morgan fingerprint density at radius 2 is 2.22 bits per heavy atom. The molecule has 53 valence electrons. The fourth-order valence-electron chi connectivity index (χ4n) is 0.208. The molecule has 0 atom stereocenters. The highest BCUT2D eigenvalue weighted by atomic mass is 31.2. The highest BCUT2D eigenvalue weighted by Crippen LogP contribution is 2.33. The first-order valence-corrected chi connectivity index (χ1v) is 3.96. The number of hydrogen-bond donors (Lipinski definition) is 2. The van der Waals surface area contributed by atoms with Gasteiger partial charge in [-0.25, -0.2) is 0 Å². The fraction of sp³-hybridized carbons (Fsp3) is 0.250. The summed E-state index contributed by atoms with van der Waals surface area (Å²) in [6, 6.07) is 0. The van der Waals surface area contributed by atoms with Crippen LogP contribution in [0.3, 0.4) is 0 Å². The highest BCUT2D eigenvalue weighted by molar-refractivity contribution is 7.51. The smallest absolute Gasteiger partial charge is 0.351 e. The summed E-state index contributed by atoms with van der Waals surface area (Å²) < 4.78 is 14.4. The quantitative estimate of drug-likeness (QED) is 0.453. The van der Waals surface area contributed by atoms with E-state index < -0.39 is 13.9 Å². The zero-order chi connectivity index (χ0) is 7.33. The predicted octanol–water partition coefficient (Wildman–Crippen LogP) is 0.486. The Hall–Kier alpha value is -0.150. The maximum atomic E-state index is 10.0. The van der Waals surface area contributed by atoms with Gasteiger partial charge in [0.25, 0.3) is 0 Å². The molecule has 0 heterocycles. The molecule has 0 aromatic rings. The van der Waals surface area contributed by atoms with Gasteiger partial charge in [0.1, 0.15) is 13.0 Å². The van der Waals surface area contributed by atoms with Crippen molar-refractivity contribution in [2.45, 2.75) is 0 Å². The molecule has 1 radical (unpaired) electrons. The van der Waals surface area contributed by atoms with Crippen molar-refractivity contribution in [2.75, 3.05) is 6.35 Å². The Labute approximate surface area is 53.3 Å². The minimum Gasteiger partial charge on any atom is -0.358 e. The number of hydrogen-bond acceptors (Lipinski definition) is 2. The van der Waals surface area contributed by atoms with E-state index in [1.165, 1.54) is 6.08 Å². The molecule has 0 amide bonds. The van der Waals surface area contributed by atoms with Gasteiger partial charge in [-0.2, -0.15) is 0 Å². The van der Waals surface area contributed by atoms with Crippen LogP contribution in [0.1, 0.15) is 0 Å². The van der Waals surface area contributed by atoms with E-state index in [4.69, 9.17) is 9.79 Å². The van der Waals surface area contributed by atoms with Crippen LogP contribution in [0, 0.1) is 6.61 Å². The van der Waals surface area contributed by atoms with Crippen LogP contribution < -0.4 is 0 Å². The van der Waals surface area contributed by atoms with Crippen molar-refractivity contribution in [3.05, 3.63) is 19.3 Å². The van der Waals surface area contributed by atoms with E-state index >= 15 is 0 Å². The third-order valence-electron chi connectivity index (χ3n) is 0.435. The largest absolute Gasteiger partial charge is 0.358 e. The van der Waals surface area contributed by atoms with Crippen molar-refractivity contribution in [1.82, 2.24) is 0 Å². The van der Waals surface area contributed by atoms with Crippen LogP contribution in [0.5, 0.6) is 0 Å². The van der Waals surface area contributed by atoms with Crippen molar-refractivity contribution < 1.29 is 19.1 Å². The van der Waals surface area contributed by atoms with E-state index in [0.29, 0.717) is 0 Å². The highest BCUT2D eigenvalue weighted by Gasteiger charge is 2.11. The normalized spacial score (nSPS) is 11.3. The lowest BCUT2D eigenvalue weighted by molar-refractivity contribution is 0.231. The van der Waals surface area contributed by atoms with Crippen LogP contribution in [0.2, 0.25) is 0 Å². The van der Waals surface area contributed by atoms with E-state index in [-0.39, 0.29) is 0 Å². The molecule has 0 bridgehead atoms. The van der Waals surface area contributed by atoms with Gasteiger partial charge < -0.3 is 14.5 Å². The van der Waals surface area contributed by atoms with Gasteiger partial charge in [-0.05, 0) is 0 Å². The van der Waals surface area contributed by atoms with Crippen LogP contribution in [0.15, 0.2) is 12.7 Å². The van der Waals surface area contributed by atoms with Crippen molar-refractivity contribution >= 4 is 7.60 Å². The number of ether oxygens (including phenoxy) is 1. The molecule has 0 saturated carbocycles. The Kier molecular flexibility index (Phi) is 3.73. The van der Waals surface area contributed by atoms with Crippen LogP contribution in [-0.4, -0.2) is 16.1 Å².